The number of esters is 1. The van der Waals surface area contributed by atoms with Crippen LogP contribution in [0.2, 0.25) is 17.7 Å². The Balaban J connectivity index is 0.855. The molecule has 0 aromatic heterocycles. The Morgan fingerprint density at radius 1 is 0.694 bits per heavy atom. The average Bonchev–Trinajstić information content (AvgIpc) is 3.01. The van der Waals surface area contributed by atoms with E-state index in [9.17, 15) is 4.79 Å². The number of hydrogen-bond acceptors (Lipinski definition) is 13. The molecule has 85 heavy (non-hydrogen) atoms. The zero-order valence-electron chi connectivity index (χ0n) is 52.4. The molecule has 7 saturated heterocycles. The molecular weight excluding hydrogens is 1180 g/mol. The number of hydrogen-bond donors (Lipinski definition) is 0. The van der Waals surface area contributed by atoms with E-state index in [-0.39, 0.29) is 61.2 Å². The Kier molecular flexibility index (Phi) is 22.6. The van der Waals surface area contributed by atoms with Crippen LogP contribution in [0.1, 0.15) is 174 Å². The maximum atomic E-state index is 15.0. The van der Waals surface area contributed by atoms with Gasteiger partial charge in [-0.05, 0) is 43.7 Å². The van der Waals surface area contributed by atoms with Crippen LogP contribution in [-0.2, 0) is 74.9 Å². The number of allylic oxidation sites excluding steroid dienone is 1. The third-order valence-corrected chi connectivity index (χ3v) is 35.4. The van der Waals surface area contributed by atoms with Gasteiger partial charge in [0, 0.05) is 18.6 Å². The van der Waals surface area contributed by atoms with Gasteiger partial charge < -0.3 is 23.7 Å². The summed E-state index contributed by atoms with van der Waals surface area (Å²) in [6, 6.07) is 30.8. The van der Waals surface area contributed by atoms with Gasteiger partial charge in [0.15, 0.2) is 6.29 Å². The van der Waals surface area contributed by atoms with Gasteiger partial charge in [0.2, 0.25) is 0 Å². The Hall–Kier alpha value is -3.19. The van der Waals surface area contributed by atoms with E-state index in [0.29, 0.717) is 58.5 Å². The molecule has 17 atom stereocenters. The molecule has 0 amide bonds. The summed E-state index contributed by atoms with van der Waals surface area (Å²) >= 11 is -2.55. The summed E-state index contributed by atoms with van der Waals surface area (Å²) in [5.74, 6) is -0.389. The molecule has 0 aliphatic carbocycles. The molecule has 7 heterocycles. The van der Waals surface area contributed by atoms with Crippen LogP contribution in [0, 0.1) is 0 Å². The fraction of sp³-hybridized carbons (Fsp3) is 0.676. The number of ether oxygens (including phenoxy) is 12. The van der Waals surface area contributed by atoms with Crippen molar-refractivity contribution in [2.24, 2.45) is 0 Å². The molecule has 7 fully saturated rings. The van der Waals surface area contributed by atoms with Gasteiger partial charge in [0.1, 0.15) is 6.10 Å². The second-order valence-electron chi connectivity index (χ2n) is 26.9. The molecule has 0 bridgehead atoms. The molecule has 0 unspecified atom stereocenters. The van der Waals surface area contributed by atoms with E-state index in [1.165, 1.54) is 51.8 Å². The van der Waals surface area contributed by atoms with E-state index in [0.717, 1.165) is 46.8 Å². The molecule has 468 valence electrons. The average molecular weight is 1280 g/mol. The maximum absolute atomic E-state index is 15.0. The number of rotatable bonds is 27. The number of carbonyl (C=O) groups is 1. The molecule has 0 saturated carbocycles. The number of fused-ring (bicyclic) bond motifs is 5. The SMILES string of the molecule is C=C[C@@H]1O[C@@H]2C[C@@H]3O[C@@H]4CO[C@@H](c5ccccc5)O[C@H]4CC[C@H]3O[C@@]2(C)C[C@@]1(C)OC(=O)C[C@H]1O[C@H]2C[C@H]3O[C@@H](CCCOCc4ccccc4)C[C@H](OCc4ccccc4)[C@]3(C)O[C@]2(C)C[C@@H]1O/C=C\[CH2][Sn]([CH2]CCC)([CH2]CCC)[CH2]CCC. The first-order chi connectivity index (χ1) is 41.2. The molecule has 3 aromatic rings. The van der Waals surface area contributed by atoms with Crippen LogP contribution in [-0.4, -0.2) is 133 Å². The molecule has 13 nitrogen and oxygen atoms in total. The zero-order valence-corrected chi connectivity index (χ0v) is 55.2. The molecule has 0 radical (unpaired) electrons. The van der Waals surface area contributed by atoms with Crippen LogP contribution in [0.4, 0.5) is 0 Å². The number of unbranched alkanes of at least 4 members (excludes halogenated alkanes) is 3. The van der Waals surface area contributed by atoms with Crippen molar-refractivity contribution in [3.8, 4) is 0 Å². The quantitative estimate of drug-likeness (QED) is 0.0236. The van der Waals surface area contributed by atoms with E-state index in [2.05, 4.69) is 90.6 Å². The summed E-state index contributed by atoms with van der Waals surface area (Å²) in [5.41, 5.74) is -0.174. The first kappa shape index (κ1) is 64.8. The first-order valence-corrected chi connectivity index (χ1v) is 41.0. The Bertz CT molecular complexity index is 2550. The van der Waals surface area contributed by atoms with Gasteiger partial charge in [-0.15, -0.1) is 6.58 Å². The van der Waals surface area contributed by atoms with Gasteiger partial charge in [-0.1, -0.05) is 91.0 Å². The van der Waals surface area contributed by atoms with E-state index in [1.54, 1.807) is 6.08 Å². The molecule has 7 aliphatic heterocycles. The van der Waals surface area contributed by atoms with E-state index in [4.69, 9.17) is 56.8 Å². The number of carbonyl (C=O) groups excluding carboxylic acids is 1. The summed E-state index contributed by atoms with van der Waals surface area (Å²) in [4.78, 5) is 15.0. The van der Waals surface area contributed by atoms with Gasteiger partial charge >= 0.3 is 282 Å². The zero-order chi connectivity index (χ0) is 59.5. The van der Waals surface area contributed by atoms with Crippen LogP contribution in [0.15, 0.2) is 116 Å². The topological polar surface area (TPSA) is 128 Å². The van der Waals surface area contributed by atoms with Crippen molar-refractivity contribution >= 4 is 24.3 Å². The Morgan fingerprint density at radius 3 is 2.04 bits per heavy atom. The van der Waals surface area contributed by atoms with Crippen LogP contribution >= 0.6 is 0 Å². The molecule has 0 spiro atoms. The number of benzene rings is 3. The van der Waals surface area contributed by atoms with Crippen LogP contribution in [0.3, 0.4) is 0 Å². The second kappa shape index (κ2) is 29.6. The third-order valence-electron chi connectivity index (χ3n) is 20.1. The fourth-order valence-electron chi connectivity index (χ4n) is 15.3. The van der Waals surface area contributed by atoms with Crippen molar-refractivity contribution in [3.05, 3.63) is 133 Å². The fourth-order valence-corrected chi connectivity index (χ4v) is 30.4. The first-order valence-electron chi connectivity index (χ1n) is 32.9. The van der Waals surface area contributed by atoms with Gasteiger partial charge in [-0.2, -0.15) is 0 Å². The van der Waals surface area contributed by atoms with Crippen molar-refractivity contribution in [3.63, 3.8) is 0 Å². The minimum atomic E-state index is -2.55. The predicted molar refractivity (Wildman–Crippen MR) is 332 cm³/mol. The van der Waals surface area contributed by atoms with Crippen molar-refractivity contribution < 1.29 is 61.6 Å². The summed E-state index contributed by atoms with van der Waals surface area (Å²) in [5, 5.41) is 0. The molecule has 14 heteroatoms. The third kappa shape index (κ3) is 15.9. The van der Waals surface area contributed by atoms with Crippen LogP contribution in [0.5, 0.6) is 0 Å². The Labute approximate surface area is 513 Å². The van der Waals surface area contributed by atoms with Gasteiger partial charge in [0.25, 0.3) is 0 Å². The summed E-state index contributed by atoms with van der Waals surface area (Å²) in [6.07, 6.45) is 15.3. The van der Waals surface area contributed by atoms with Crippen molar-refractivity contribution in [2.45, 2.75) is 284 Å². The minimum absolute atomic E-state index is 0.0250. The summed E-state index contributed by atoms with van der Waals surface area (Å²) in [6.45, 7) is 21.7. The summed E-state index contributed by atoms with van der Waals surface area (Å²) in [7, 11) is 0. The summed E-state index contributed by atoms with van der Waals surface area (Å²) < 4.78 is 87.8. The molecule has 7 aliphatic rings. The van der Waals surface area contributed by atoms with E-state index < -0.39 is 71.5 Å². The second-order valence-corrected chi connectivity index (χ2v) is 40.9. The monoisotopic (exact) mass is 1280 g/mol. The van der Waals surface area contributed by atoms with Crippen LogP contribution in [0.25, 0.3) is 0 Å². The normalized spacial score (nSPS) is 36.4. The molecule has 0 N–H and O–H groups in total. The molecule has 10 rings (SSSR count). The van der Waals surface area contributed by atoms with Gasteiger partial charge in [0.05, 0.1) is 37.6 Å². The van der Waals surface area contributed by atoms with E-state index >= 15 is 0 Å². The predicted octanol–water partition coefficient (Wildman–Crippen LogP) is 14.8. The van der Waals surface area contributed by atoms with E-state index in [1.807, 2.05) is 67.8 Å². The molecule has 3 aromatic carbocycles. The van der Waals surface area contributed by atoms with Gasteiger partial charge in [-0.25, -0.2) is 0 Å². The van der Waals surface area contributed by atoms with Crippen LogP contribution < -0.4 is 0 Å². The standard InChI is InChI=1S/C59H75O13.3C4H9.Sn/c1-7-28-62-47-34-56(3)51(33-53-59(6,72-56)52(63-36-40-21-14-10-15-22-40)30-42(65-53)25-18-29-61-35-39-19-12-9-13-20-39)67-46(47)32-54(60)71-57(4)38-58(5)50(69-49(57)8-2)31-45-44(70-58)27-26-43-48(66-45)37-64-55(68-43)41-23-16-11-17-24-41;3*1-3-4-2;/h7-17,19-24,28,42-53,55H,1-2,18,25-27,29-38H2,3-6H3;3*1,3-4H2,2H3;/b28-7-;;;;/t42-,43-,44+,45-,46+,47-,48+,49-,50+,51-,52-,53+,55+,56+,57+,58-,59-;;;;/m0..../s1. The van der Waals surface area contributed by atoms with Gasteiger partial charge in [-0.3, -0.25) is 0 Å². The van der Waals surface area contributed by atoms with Crippen molar-refractivity contribution in [1.82, 2.24) is 0 Å². The van der Waals surface area contributed by atoms with Crippen molar-refractivity contribution in [2.75, 3.05) is 13.2 Å². The molecular formula is C71H102O13Sn. The van der Waals surface area contributed by atoms with Crippen molar-refractivity contribution in [1.29, 1.82) is 0 Å². The Morgan fingerprint density at radius 2 is 1.35 bits per heavy atom.